The SMILES string of the molecule is CC(O)C(NC(=O)C(Cc1c[nH]c2ccccc12)NC(=O)C(CCC(=O)O)NC(=O)C(N)CCC(N)=O)C(=O)O. The second-order valence-corrected chi connectivity index (χ2v) is 9.29. The number of benzene rings is 1. The normalized spacial score (nSPS) is 14.8. The molecule has 1 heterocycles. The number of carboxylic acid groups (broad SMARTS) is 2. The molecule has 15 nitrogen and oxygen atoms in total. The topological polar surface area (TPSA) is 267 Å². The Morgan fingerprint density at radius 3 is 2.12 bits per heavy atom. The van der Waals surface area contributed by atoms with Crippen LogP contribution in [0.2, 0.25) is 0 Å². The molecule has 0 saturated heterocycles. The molecule has 4 amide bonds. The van der Waals surface area contributed by atoms with Crippen molar-refractivity contribution in [2.45, 2.75) is 69.3 Å². The molecule has 0 fully saturated rings. The van der Waals surface area contributed by atoms with Gasteiger partial charge in [0.2, 0.25) is 23.6 Å². The number of para-hydroxylation sites is 1. The van der Waals surface area contributed by atoms with E-state index in [-0.39, 0.29) is 25.7 Å². The summed E-state index contributed by atoms with van der Waals surface area (Å²) in [6, 6.07) is 1.39. The Hall–Kier alpha value is -4.50. The lowest BCUT2D eigenvalue weighted by Gasteiger charge is -2.25. The number of nitrogens with one attached hydrogen (secondary N) is 4. The number of aliphatic carboxylic acids is 2. The van der Waals surface area contributed by atoms with Crippen molar-refractivity contribution in [3.05, 3.63) is 36.0 Å². The highest BCUT2D eigenvalue weighted by molar-refractivity contribution is 5.95. The zero-order chi connectivity index (χ0) is 30.0. The highest BCUT2D eigenvalue weighted by Gasteiger charge is 2.32. The average Bonchev–Trinajstić information content (AvgIpc) is 3.29. The average molecular weight is 563 g/mol. The van der Waals surface area contributed by atoms with E-state index in [2.05, 4.69) is 20.9 Å². The summed E-state index contributed by atoms with van der Waals surface area (Å²) >= 11 is 0. The number of primary amides is 1. The number of H-pyrrole nitrogens is 1. The van der Waals surface area contributed by atoms with Crippen molar-refractivity contribution in [1.82, 2.24) is 20.9 Å². The quantitative estimate of drug-likeness (QED) is 0.109. The number of carbonyl (C=O) groups excluding carboxylic acids is 4. The molecule has 1 aromatic heterocycles. The molecular weight excluding hydrogens is 528 g/mol. The van der Waals surface area contributed by atoms with Gasteiger partial charge in [0, 0.05) is 36.4 Å². The van der Waals surface area contributed by atoms with Crippen LogP contribution in [0.3, 0.4) is 0 Å². The molecule has 40 heavy (non-hydrogen) atoms. The number of aromatic amines is 1. The molecule has 15 heteroatoms. The maximum absolute atomic E-state index is 13.3. The largest absolute Gasteiger partial charge is 0.481 e. The number of aliphatic hydroxyl groups is 1. The van der Waals surface area contributed by atoms with Crippen LogP contribution >= 0.6 is 0 Å². The van der Waals surface area contributed by atoms with Crippen LogP contribution < -0.4 is 27.4 Å². The van der Waals surface area contributed by atoms with Gasteiger partial charge < -0.3 is 47.7 Å². The fourth-order valence-corrected chi connectivity index (χ4v) is 3.89. The number of hydrogen-bond donors (Lipinski definition) is 9. The summed E-state index contributed by atoms with van der Waals surface area (Å²) in [7, 11) is 0. The van der Waals surface area contributed by atoms with Gasteiger partial charge in [-0.1, -0.05) is 18.2 Å². The van der Waals surface area contributed by atoms with Gasteiger partial charge in [-0.2, -0.15) is 0 Å². The summed E-state index contributed by atoms with van der Waals surface area (Å²) in [6.45, 7) is 1.17. The van der Waals surface area contributed by atoms with Crippen LogP contribution in [0.5, 0.6) is 0 Å². The summed E-state index contributed by atoms with van der Waals surface area (Å²) in [5.41, 5.74) is 12.2. The third kappa shape index (κ3) is 9.36. The lowest BCUT2D eigenvalue weighted by atomic mass is 10.0. The Morgan fingerprint density at radius 2 is 1.52 bits per heavy atom. The molecule has 5 unspecified atom stereocenters. The van der Waals surface area contributed by atoms with Crippen LogP contribution in [0.4, 0.5) is 0 Å². The van der Waals surface area contributed by atoms with Crippen LogP contribution in [0.1, 0.15) is 38.2 Å². The molecule has 1 aromatic carbocycles. The Kier molecular flexibility index (Phi) is 11.6. The molecular formula is C25H34N6O9. The number of aromatic nitrogens is 1. The Balaban J connectivity index is 2.31. The number of carboxylic acids is 2. The summed E-state index contributed by atoms with van der Waals surface area (Å²) in [6.07, 6.45) is -1.15. The maximum atomic E-state index is 13.3. The molecule has 218 valence electrons. The predicted octanol–water partition coefficient (Wildman–Crippen LogP) is -1.91. The van der Waals surface area contributed by atoms with Crippen LogP contribution in [-0.2, 0) is 35.2 Å². The molecule has 0 aliphatic heterocycles. The van der Waals surface area contributed by atoms with E-state index in [4.69, 9.17) is 16.6 Å². The first-order valence-electron chi connectivity index (χ1n) is 12.4. The number of rotatable bonds is 16. The van der Waals surface area contributed by atoms with Crippen molar-refractivity contribution >= 4 is 46.5 Å². The Morgan fingerprint density at radius 1 is 0.900 bits per heavy atom. The van der Waals surface area contributed by atoms with E-state index in [9.17, 15) is 39.0 Å². The Labute approximate surface area is 228 Å². The number of aliphatic hydroxyl groups excluding tert-OH is 1. The van der Waals surface area contributed by atoms with Crippen molar-refractivity contribution in [2.75, 3.05) is 0 Å². The molecule has 0 saturated carbocycles. The maximum Gasteiger partial charge on any atom is 0.328 e. The fourth-order valence-electron chi connectivity index (χ4n) is 3.89. The number of carbonyl (C=O) groups is 6. The first-order chi connectivity index (χ1) is 18.8. The second-order valence-electron chi connectivity index (χ2n) is 9.29. The van der Waals surface area contributed by atoms with Crippen LogP contribution in [0.25, 0.3) is 10.9 Å². The highest BCUT2D eigenvalue weighted by Crippen LogP contribution is 2.19. The highest BCUT2D eigenvalue weighted by atomic mass is 16.4. The number of fused-ring (bicyclic) bond motifs is 1. The fraction of sp³-hybridized carbons (Fsp3) is 0.440. The van der Waals surface area contributed by atoms with E-state index in [1.165, 1.54) is 6.92 Å². The standard InChI is InChI=1S/C25H34N6O9/c1-12(32)21(25(39)40)31-24(38)18(10-13-11-28-16-5-3-2-4-14(13)16)30-23(37)17(7-9-20(34)35)29-22(36)15(26)6-8-19(27)33/h2-5,11-12,15,17-18,21,28,32H,6-10,26H2,1H3,(H2,27,33)(H,29,36)(H,30,37)(H,31,38)(H,34,35)(H,39,40). The number of hydrogen-bond acceptors (Lipinski definition) is 8. The summed E-state index contributed by atoms with van der Waals surface area (Å²) < 4.78 is 0. The molecule has 11 N–H and O–H groups in total. The van der Waals surface area contributed by atoms with Gasteiger partial charge in [-0.25, -0.2) is 4.79 Å². The minimum Gasteiger partial charge on any atom is -0.481 e. The molecule has 0 aliphatic carbocycles. The third-order valence-corrected chi connectivity index (χ3v) is 6.10. The van der Waals surface area contributed by atoms with Gasteiger partial charge >= 0.3 is 11.9 Å². The molecule has 2 aromatic rings. The van der Waals surface area contributed by atoms with Gasteiger partial charge in [0.05, 0.1) is 12.1 Å². The van der Waals surface area contributed by atoms with Gasteiger partial charge in [0.15, 0.2) is 6.04 Å². The molecule has 2 rings (SSSR count). The van der Waals surface area contributed by atoms with Crippen LogP contribution in [0, 0.1) is 0 Å². The molecule has 0 spiro atoms. The van der Waals surface area contributed by atoms with Crippen LogP contribution in [-0.4, -0.2) is 86.1 Å². The van der Waals surface area contributed by atoms with E-state index in [0.29, 0.717) is 5.56 Å². The second kappa shape index (κ2) is 14.6. The van der Waals surface area contributed by atoms with Crippen LogP contribution in [0.15, 0.2) is 30.5 Å². The summed E-state index contributed by atoms with van der Waals surface area (Å²) in [4.78, 5) is 75.7. The van der Waals surface area contributed by atoms with Gasteiger partial charge in [-0.05, 0) is 31.4 Å². The molecule has 5 atom stereocenters. The minimum atomic E-state index is -1.68. The van der Waals surface area contributed by atoms with Gasteiger partial charge in [-0.15, -0.1) is 0 Å². The first-order valence-corrected chi connectivity index (χ1v) is 12.4. The van der Waals surface area contributed by atoms with Crippen molar-refractivity contribution in [3.8, 4) is 0 Å². The van der Waals surface area contributed by atoms with Crippen molar-refractivity contribution in [1.29, 1.82) is 0 Å². The van der Waals surface area contributed by atoms with Crippen molar-refractivity contribution in [2.24, 2.45) is 11.5 Å². The molecule has 0 radical (unpaired) electrons. The lowest BCUT2D eigenvalue weighted by Crippen LogP contribution is -2.58. The Bertz CT molecular complexity index is 1240. The summed E-state index contributed by atoms with van der Waals surface area (Å²) in [5, 5.41) is 36.0. The van der Waals surface area contributed by atoms with E-state index in [1.54, 1.807) is 30.5 Å². The van der Waals surface area contributed by atoms with E-state index in [0.717, 1.165) is 10.9 Å². The predicted molar refractivity (Wildman–Crippen MR) is 140 cm³/mol. The molecule has 0 bridgehead atoms. The minimum absolute atomic E-state index is 0.115. The van der Waals surface area contributed by atoms with Gasteiger partial charge in [0.25, 0.3) is 0 Å². The smallest absolute Gasteiger partial charge is 0.328 e. The zero-order valence-corrected chi connectivity index (χ0v) is 21.8. The van der Waals surface area contributed by atoms with Crippen molar-refractivity contribution < 1.29 is 44.1 Å². The number of nitrogens with two attached hydrogens (primary N) is 2. The third-order valence-electron chi connectivity index (χ3n) is 6.10. The van der Waals surface area contributed by atoms with Gasteiger partial charge in [-0.3, -0.25) is 24.0 Å². The monoisotopic (exact) mass is 562 g/mol. The van der Waals surface area contributed by atoms with Gasteiger partial charge in [0.1, 0.15) is 12.1 Å². The van der Waals surface area contributed by atoms with Crippen molar-refractivity contribution in [3.63, 3.8) is 0 Å². The van der Waals surface area contributed by atoms with E-state index in [1.807, 2.05) is 0 Å². The first kappa shape index (κ1) is 31.7. The zero-order valence-electron chi connectivity index (χ0n) is 21.8. The van der Waals surface area contributed by atoms with E-state index < -0.39 is 72.3 Å². The lowest BCUT2D eigenvalue weighted by molar-refractivity contribution is -0.145. The van der Waals surface area contributed by atoms with E-state index >= 15 is 0 Å². The number of amides is 4. The molecule has 0 aliphatic rings. The summed E-state index contributed by atoms with van der Waals surface area (Å²) in [5.74, 6) is -6.15.